The molecule has 0 unspecified atom stereocenters. The standard InChI is InChI=1S/C21H37N3O4/c1-22(10-5-18-6-13-27-14-7-18)21(26)19-3-4-20(25)24(17-19)9-2-8-23-11-15-28-16-12-23/h18-19H,2-17H2,1H3/t19-/m0/s1. The zero-order valence-electron chi connectivity index (χ0n) is 17.4. The van der Waals surface area contributed by atoms with Gasteiger partial charge in [0, 0.05) is 66.0 Å². The summed E-state index contributed by atoms with van der Waals surface area (Å²) in [6.45, 7) is 8.42. The molecule has 2 amide bonds. The van der Waals surface area contributed by atoms with Crippen molar-refractivity contribution in [3.8, 4) is 0 Å². The van der Waals surface area contributed by atoms with Gasteiger partial charge in [0.25, 0.3) is 0 Å². The molecule has 0 saturated carbocycles. The van der Waals surface area contributed by atoms with Crippen LogP contribution in [0.2, 0.25) is 0 Å². The van der Waals surface area contributed by atoms with Crippen LogP contribution in [0.5, 0.6) is 0 Å². The van der Waals surface area contributed by atoms with Gasteiger partial charge in [-0.25, -0.2) is 0 Å². The fraction of sp³-hybridized carbons (Fsp3) is 0.905. The second-order valence-electron chi connectivity index (χ2n) is 8.49. The van der Waals surface area contributed by atoms with Gasteiger partial charge < -0.3 is 19.3 Å². The Kier molecular flexibility index (Phi) is 8.55. The summed E-state index contributed by atoms with van der Waals surface area (Å²) in [5, 5.41) is 0. The van der Waals surface area contributed by atoms with Crippen molar-refractivity contribution in [3.05, 3.63) is 0 Å². The average Bonchev–Trinajstić information content (AvgIpc) is 2.74. The maximum absolute atomic E-state index is 12.9. The average molecular weight is 396 g/mol. The highest BCUT2D eigenvalue weighted by Gasteiger charge is 2.31. The number of ether oxygens (including phenoxy) is 2. The van der Waals surface area contributed by atoms with Gasteiger partial charge in [-0.1, -0.05) is 0 Å². The smallest absolute Gasteiger partial charge is 0.227 e. The van der Waals surface area contributed by atoms with E-state index in [1.165, 1.54) is 0 Å². The van der Waals surface area contributed by atoms with Crippen LogP contribution >= 0.6 is 0 Å². The molecular weight excluding hydrogens is 358 g/mol. The first-order valence-corrected chi connectivity index (χ1v) is 11.0. The first-order valence-electron chi connectivity index (χ1n) is 11.0. The number of hydrogen-bond acceptors (Lipinski definition) is 5. The van der Waals surface area contributed by atoms with Crippen molar-refractivity contribution in [1.29, 1.82) is 0 Å². The van der Waals surface area contributed by atoms with Gasteiger partial charge in [0.15, 0.2) is 0 Å². The molecule has 0 spiro atoms. The van der Waals surface area contributed by atoms with Crippen LogP contribution in [0.3, 0.4) is 0 Å². The summed E-state index contributed by atoms with van der Waals surface area (Å²) >= 11 is 0. The normalized spacial score (nSPS) is 25.1. The number of morpholine rings is 1. The quantitative estimate of drug-likeness (QED) is 0.618. The monoisotopic (exact) mass is 395 g/mol. The molecule has 3 saturated heterocycles. The Labute approximate surface area is 169 Å². The van der Waals surface area contributed by atoms with Crippen LogP contribution in [-0.4, -0.2) is 99.3 Å². The Morgan fingerprint density at radius 3 is 2.54 bits per heavy atom. The molecule has 0 aromatic rings. The summed E-state index contributed by atoms with van der Waals surface area (Å²) in [5.41, 5.74) is 0. The van der Waals surface area contributed by atoms with E-state index in [1.54, 1.807) is 0 Å². The molecule has 3 rings (SSSR count). The number of hydrogen-bond donors (Lipinski definition) is 0. The fourth-order valence-corrected chi connectivity index (χ4v) is 4.48. The molecule has 0 aliphatic carbocycles. The van der Waals surface area contributed by atoms with Crippen molar-refractivity contribution in [1.82, 2.24) is 14.7 Å². The molecule has 0 aromatic heterocycles. The lowest BCUT2D eigenvalue weighted by molar-refractivity contribution is -0.142. The minimum Gasteiger partial charge on any atom is -0.381 e. The Morgan fingerprint density at radius 2 is 1.79 bits per heavy atom. The van der Waals surface area contributed by atoms with E-state index in [1.807, 2.05) is 16.8 Å². The highest BCUT2D eigenvalue weighted by molar-refractivity contribution is 5.83. The van der Waals surface area contributed by atoms with E-state index in [2.05, 4.69) is 4.90 Å². The second-order valence-corrected chi connectivity index (χ2v) is 8.49. The van der Waals surface area contributed by atoms with Gasteiger partial charge in [0.1, 0.15) is 0 Å². The Bertz CT molecular complexity index is 504. The maximum atomic E-state index is 12.9. The zero-order valence-corrected chi connectivity index (χ0v) is 17.4. The van der Waals surface area contributed by atoms with Crippen LogP contribution in [0, 0.1) is 11.8 Å². The van der Waals surface area contributed by atoms with E-state index < -0.39 is 0 Å². The third-order valence-electron chi connectivity index (χ3n) is 6.45. The summed E-state index contributed by atoms with van der Waals surface area (Å²) in [4.78, 5) is 31.4. The van der Waals surface area contributed by atoms with Crippen molar-refractivity contribution in [2.24, 2.45) is 11.8 Å². The van der Waals surface area contributed by atoms with E-state index >= 15 is 0 Å². The lowest BCUT2D eigenvalue weighted by atomic mass is 9.94. The van der Waals surface area contributed by atoms with Gasteiger partial charge in [-0.05, 0) is 38.0 Å². The van der Waals surface area contributed by atoms with Crippen molar-refractivity contribution >= 4 is 11.8 Å². The fourth-order valence-electron chi connectivity index (χ4n) is 4.48. The Morgan fingerprint density at radius 1 is 1.07 bits per heavy atom. The second kappa shape index (κ2) is 11.1. The number of carbonyl (C=O) groups is 2. The highest BCUT2D eigenvalue weighted by Crippen LogP contribution is 2.22. The van der Waals surface area contributed by atoms with Crippen LogP contribution in [0.4, 0.5) is 0 Å². The van der Waals surface area contributed by atoms with Crippen LogP contribution in [0.1, 0.15) is 38.5 Å². The summed E-state index contributed by atoms with van der Waals surface area (Å²) < 4.78 is 10.8. The van der Waals surface area contributed by atoms with Gasteiger partial charge in [-0.3, -0.25) is 14.5 Å². The number of rotatable bonds is 8. The largest absolute Gasteiger partial charge is 0.381 e. The van der Waals surface area contributed by atoms with E-state index in [0.717, 1.165) is 84.8 Å². The lowest BCUT2D eigenvalue weighted by Gasteiger charge is -2.35. The summed E-state index contributed by atoms with van der Waals surface area (Å²) in [7, 11) is 1.92. The van der Waals surface area contributed by atoms with Crippen LogP contribution < -0.4 is 0 Å². The van der Waals surface area contributed by atoms with Gasteiger partial charge in [-0.15, -0.1) is 0 Å². The SMILES string of the molecule is CN(CCC1CCOCC1)C(=O)[C@H]1CCC(=O)N(CCCN2CCOCC2)C1. The summed E-state index contributed by atoms with van der Waals surface area (Å²) in [6.07, 6.45) is 5.43. The Balaban J connectivity index is 1.39. The van der Waals surface area contributed by atoms with Crippen molar-refractivity contribution in [3.63, 3.8) is 0 Å². The predicted molar refractivity (Wildman–Crippen MR) is 107 cm³/mol. The van der Waals surface area contributed by atoms with Gasteiger partial charge in [0.2, 0.25) is 11.8 Å². The lowest BCUT2D eigenvalue weighted by Crippen LogP contribution is -2.47. The molecule has 0 N–H and O–H groups in total. The molecule has 0 aromatic carbocycles. The Hall–Kier alpha value is -1.18. The first-order chi connectivity index (χ1) is 13.6. The number of nitrogens with zero attached hydrogens (tertiary/aromatic N) is 3. The van der Waals surface area contributed by atoms with Crippen LogP contribution in [0.25, 0.3) is 0 Å². The summed E-state index contributed by atoms with van der Waals surface area (Å²) in [6, 6.07) is 0. The maximum Gasteiger partial charge on any atom is 0.227 e. The number of carbonyl (C=O) groups excluding carboxylic acids is 2. The van der Waals surface area contributed by atoms with Crippen molar-refractivity contribution in [2.45, 2.75) is 38.5 Å². The highest BCUT2D eigenvalue weighted by atomic mass is 16.5. The first kappa shape index (κ1) is 21.5. The molecule has 0 bridgehead atoms. The minimum absolute atomic E-state index is 0.0409. The topological polar surface area (TPSA) is 62.3 Å². The number of likely N-dealkylation sites (tertiary alicyclic amines) is 1. The third kappa shape index (κ3) is 6.42. The van der Waals surface area contributed by atoms with Crippen LogP contribution in [-0.2, 0) is 19.1 Å². The zero-order chi connectivity index (χ0) is 19.8. The van der Waals surface area contributed by atoms with Gasteiger partial charge >= 0.3 is 0 Å². The van der Waals surface area contributed by atoms with E-state index in [0.29, 0.717) is 25.3 Å². The molecule has 3 aliphatic heterocycles. The molecule has 0 radical (unpaired) electrons. The molecule has 3 aliphatic rings. The summed E-state index contributed by atoms with van der Waals surface area (Å²) in [5.74, 6) is 1.04. The number of piperidine rings is 1. The van der Waals surface area contributed by atoms with Gasteiger partial charge in [-0.2, -0.15) is 0 Å². The molecule has 160 valence electrons. The van der Waals surface area contributed by atoms with Crippen LogP contribution in [0.15, 0.2) is 0 Å². The molecule has 1 atom stereocenters. The minimum atomic E-state index is -0.0409. The molecule has 28 heavy (non-hydrogen) atoms. The van der Waals surface area contributed by atoms with Crippen molar-refractivity contribution < 1.29 is 19.1 Å². The molecular formula is C21H37N3O4. The number of amides is 2. The van der Waals surface area contributed by atoms with E-state index in [4.69, 9.17) is 9.47 Å². The van der Waals surface area contributed by atoms with E-state index in [9.17, 15) is 9.59 Å². The molecule has 7 heteroatoms. The third-order valence-corrected chi connectivity index (χ3v) is 6.45. The predicted octanol–water partition coefficient (Wildman–Crippen LogP) is 1.22. The molecule has 7 nitrogen and oxygen atoms in total. The molecule has 3 heterocycles. The van der Waals surface area contributed by atoms with E-state index in [-0.39, 0.29) is 17.7 Å². The molecule has 3 fully saturated rings. The van der Waals surface area contributed by atoms with Crippen molar-refractivity contribution in [2.75, 3.05) is 72.7 Å². The van der Waals surface area contributed by atoms with Gasteiger partial charge in [0.05, 0.1) is 19.1 Å².